The van der Waals surface area contributed by atoms with Crippen LogP contribution in [0.1, 0.15) is 41.0 Å². The van der Waals surface area contributed by atoms with Crippen LogP contribution in [0.25, 0.3) is 0 Å². The number of rotatable bonds is 6. The Labute approximate surface area is 148 Å². The summed E-state index contributed by atoms with van der Waals surface area (Å²) in [6, 6.07) is 13.9. The van der Waals surface area contributed by atoms with Crippen molar-refractivity contribution in [3.8, 4) is 5.75 Å². The monoisotopic (exact) mass is 340 g/mol. The van der Waals surface area contributed by atoms with E-state index in [1.165, 1.54) is 4.90 Å². The van der Waals surface area contributed by atoms with Crippen LogP contribution in [0.3, 0.4) is 0 Å². The number of nitrogens with one attached hydrogen (secondary N) is 1. The van der Waals surface area contributed by atoms with E-state index in [-0.39, 0.29) is 17.9 Å². The molecule has 1 atom stereocenters. The molecule has 0 aliphatic rings. The first kappa shape index (κ1) is 18.5. The normalized spacial score (nSPS) is 11.5. The van der Waals surface area contributed by atoms with E-state index in [9.17, 15) is 9.59 Å². The van der Waals surface area contributed by atoms with Gasteiger partial charge in [0.15, 0.2) is 0 Å². The van der Waals surface area contributed by atoms with Gasteiger partial charge in [-0.05, 0) is 61.9 Å². The van der Waals surface area contributed by atoms with Crippen molar-refractivity contribution in [2.75, 3.05) is 19.4 Å². The number of amides is 2. The van der Waals surface area contributed by atoms with Gasteiger partial charge in [0.2, 0.25) is 0 Å². The molecule has 2 aromatic rings. The van der Waals surface area contributed by atoms with Crippen LogP contribution in [0, 0.1) is 0 Å². The molecular weight excluding hydrogens is 316 g/mol. The summed E-state index contributed by atoms with van der Waals surface area (Å²) in [7, 11) is 3.40. The van der Waals surface area contributed by atoms with E-state index in [0.29, 0.717) is 16.8 Å². The van der Waals surface area contributed by atoms with Crippen LogP contribution in [0.2, 0.25) is 0 Å². The maximum Gasteiger partial charge on any atom is 0.255 e. The zero-order valence-corrected chi connectivity index (χ0v) is 15.1. The largest absolute Gasteiger partial charge is 0.491 e. The van der Waals surface area contributed by atoms with Crippen molar-refractivity contribution >= 4 is 17.5 Å². The molecule has 0 heterocycles. The fourth-order valence-corrected chi connectivity index (χ4v) is 2.16. The molecular formula is C20H24N2O3. The molecule has 0 radical (unpaired) electrons. The Bertz CT molecular complexity index is 722. The first-order valence-electron chi connectivity index (χ1n) is 8.30. The molecule has 0 fully saturated rings. The predicted octanol–water partition coefficient (Wildman–Crippen LogP) is 3.82. The highest BCUT2D eigenvalue weighted by Gasteiger charge is 2.10. The van der Waals surface area contributed by atoms with Crippen molar-refractivity contribution in [2.24, 2.45) is 0 Å². The molecule has 0 aliphatic heterocycles. The first-order chi connectivity index (χ1) is 11.9. The Hall–Kier alpha value is -2.82. The first-order valence-corrected chi connectivity index (χ1v) is 8.30. The lowest BCUT2D eigenvalue weighted by Gasteiger charge is -2.13. The predicted molar refractivity (Wildman–Crippen MR) is 99.2 cm³/mol. The lowest BCUT2D eigenvalue weighted by Crippen LogP contribution is -2.21. The van der Waals surface area contributed by atoms with Gasteiger partial charge in [-0.1, -0.05) is 6.92 Å². The second-order valence-electron chi connectivity index (χ2n) is 6.09. The van der Waals surface area contributed by atoms with Crippen LogP contribution in [-0.2, 0) is 0 Å². The summed E-state index contributed by atoms with van der Waals surface area (Å²) in [6.45, 7) is 4.06. The summed E-state index contributed by atoms with van der Waals surface area (Å²) >= 11 is 0. The van der Waals surface area contributed by atoms with Gasteiger partial charge in [-0.2, -0.15) is 0 Å². The average molecular weight is 340 g/mol. The van der Waals surface area contributed by atoms with Gasteiger partial charge in [0.05, 0.1) is 6.10 Å². The van der Waals surface area contributed by atoms with Crippen LogP contribution in [-0.4, -0.2) is 36.9 Å². The van der Waals surface area contributed by atoms with E-state index < -0.39 is 0 Å². The van der Waals surface area contributed by atoms with E-state index in [0.717, 1.165) is 12.2 Å². The Kier molecular flexibility index (Phi) is 6.17. The third kappa shape index (κ3) is 5.08. The van der Waals surface area contributed by atoms with Crippen LogP contribution >= 0.6 is 0 Å². The second kappa shape index (κ2) is 8.33. The fourth-order valence-electron chi connectivity index (χ4n) is 2.16. The zero-order chi connectivity index (χ0) is 18.4. The Balaban J connectivity index is 2.00. The Morgan fingerprint density at radius 2 is 1.56 bits per heavy atom. The van der Waals surface area contributed by atoms with Gasteiger partial charge in [0.1, 0.15) is 5.75 Å². The van der Waals surface area contributed by atoms with E-state index in [1.807, 2.05) is 6.92 Å². The Morgan fingerprint density at radius 1 is 1.00 bits per heavy atom. The molecule has 1 unspecified atom stereocenters. The van der Waals surface area contributed by atoms with Gasteiger partial charge in [-0.15, -0.1) is 0 Å². The van der Waals surface area contributed by atoms with Crippen molar-refractivity contribution in [3.05, 3.63) is 59.7 Å². The smallest absolute Gasteiger partial charge is 0.255 e. The average Bonchev–Trinajstić information content (AvgIpc) is 2.62. The topological polar surface area (TPSA) is 58.6 Å². The number of carbonyl (C=O) groups is 2. The van der Waals surface area contributed by atoms with Crippen LogP contribution in [0.4, 0.5) is 5.69 Å². The van der Waals surface area contributed by atoms with Crippen molar-refractivity contribution in [1.82, 2.24) is 4.90 Å². The maximum atomic E-state index is 12.3. The fraction of sp³-hybridized carbons (Fsp3) is 0.300. The molecule has 2 amide bonds. The molecule has 2 aromatic carbocycles. The lowest BCUT2D eigenvalue weighted by atomic mass is 10.1. The van der Waals surface area contributed by atoms with E-state index in [2.05, 4.69) is 12.2 Å². The second-order valence-corrected chi connectivity index (χ2v) is 6.09. The van der Waals surface area contributed by atoms with E-state index in [1.54, 1.807) is 62.6 Å². The minimum atomic E-state index is -0.207. The number of benzene rings is 2. The van der Waals surface area contributed by atoms with Crippen molar-refractivity contribution in [2.45, 2.75) is 26.4 Å². The van der Waals surface area contributed by atoms with Crippen LogP contribution < -0.4 is 10.1 Å². The number of nitrogens with zero attached hydrogens (tertiary/aromatic N) is 1. The summed E-state index contributed by atoms with van der Waals surface area (Å²) in [5.74, 6) is 0.467. The SMILES string of the molecule is CCC(C)Oc1ccc(C(=O)Nc2ccc(C(=O)N(C)C)cc2)cc1. The molecule has 132 valence electrons. The molecule has 5 nitrogen and oxygen atoms in total. The van der Waals surface area contributed by atoms with Gasteiger partial charge >= 0.3 is 0 Å². The summed E-state index contributed by atoms with van der Waals surface area (Å²) < 4.78 is 5.70. The van der Waals surface area contributed by atoms with Gasteiger partial charge in [-0.25, -0.2) is 0 Å². The zero-order valence-electron chi connectivity index (χ0n) is 15.1. The van der Waals surface area contributed by atoms with E-state index in [4.69, 9.17) is 4.74 Å². The molecule has 25 heavy (non-hydrogen) atoms. The maximum absolute atomic E-state index is 12.3. The van der Waals surface area contributed by atoms with Crippen molar-refractivity contribution in [1.29, 1.82) is 0 Å². The summed E-state index contributed by atoms with van der Waals surface area (Å²) in [4.78, 5) is 25.7. The molecule has 1 N–H and O–H groups in total. The molecule has 0 aromatic heterocycles. The number of hydrogen-bond acceptors (Lipinski definition) is 3. The Morgan fingerprint density at radius 3 is 2.08 bits per heavy atom. The standard InChI is InChI=1S/C20H24N2O3/c1-5-14(2)25-18-12-8-15(9-13-18)19(23)21-17-10-6-16(7-11-17)20(24)22(3)4/h6-14H,5H2,1-4H3,(H,21,23). The number of ether oxygens (including phenoxy) is 1. The highest BCUT2D eigenvalue weighted by molar-refractivity contribution is 6.04. The van der Waals surface area contributed by atoms with Crippen molar-refractivity contribution in [3.63, 3.8) is 0 Å². The number of anilines is 1. The molecule has 2 rings (SSSR count). The molecule has 0 saturated heterocycles. The molecule has 0 bridgehead atoms. The highest BCUT2D eigenvalue weighted by atomic mass is 16.5. The van der Waals surface area contributed by atoms with Gasteiger partial charge < -0.3 is 15.0 Å². The molecule has 0 aliphatic carbocycles. The van der Waals surface area contributed by atoms with Gasteiger partial charge in [-0.3, -0.25) is 9.59 Å². The summed E-state index contributed by atoms with van der Waals surface area (Å²) in [6.07, 6.45) is 1.07. The number of hydrogen-bond donors (Lipinski definition) is 1. The summed E-state index contributed by atoms with van der Waals surface area (Å²) in [5, 5.41) is 2.82. The summed E-state index contributed by atoms with van der Waals surface area (Å²) in [5.41, 5.74) is 1.76. The molecule has 0 spiro atoms. The van der Waals surface area contributed by atoms with Gasteiger partial charge in [0.25, 0.3) is 11.8 Å². The van der Waals surface area contributed by atoms with Crippen molar-refractivity contribution < 1.29 is 14.3 Å². The third-order valence-electron chi connectivity index (χ3n) is 3.82. The van der Waals surface area contributed by atoms with Gasteiger partial charge in [0, 0.05) is 30.9 Å². The highest BCUT2D eigenvalue weighted by Crippen LogP contribution is 2.17. The van der Waals surface area contributed by atoms with Crippen LogP contribution in [0.15, 0.2) is 48.5 Å². The van der Waals surface area contributed by atoms with Crippen LogP contribution in [0.5, 0.6) is 5.75 Å². The lowest BCUT2D eigenvalue weighted by molar-refractivity contribution is 0.0827. The third-order valence-corrected chi connectivity index (χ3v) is 3.82. The van der Waals surface area contributed by atoms with E-state index >= 15 is 0 Å². The molecule has 0 saturated carbocycles. The minimum Gasteiger partial charge on any atom is -0.491 e. The quantitative estimate of drug-likeness (QED) is 0.870. The molecule has 5 heteroatoms. The minimum absolute atomic E-state index is 0.0743. The number of carbonyl (C=O) groups excluding carboxylic acids is 2.